The van der Waals surface area contributed by atoms with Gasteiger partial charge in [-0.3, -0.25) is 5.32 Å². The lowest BCUT2D eigenvalue weighted by atomic mass is 10.1. The van der Waals surface area contributed by atoms with Gasteiger partial charge in [0.1, 0.15) is 5.82 Å². The number of rotatable bonds is 5. The van der Waals surface area contributed by atoms with Crippen molar-refractivity contribution < 1.29 is 23.8 Å². The van der Waals surface area contributed by atoms with Crippen LogP contribution in [-0.4, -0.2) is 69.5 Å². The third-order valence-corrected chi connectivity index (χ3v) is 6.25. The molecule has 0 aliphatic carbocycles. The number of carbonyl (C=O) groups excluding carboxylic acids is 1. The van der Waals surface area contributed by atoms with E-state index in [0.29, 0.717) is 40.5 Å². The van der Waals surface area contributed by atoms with Crippen LogP contribution in [0.2, 0.25) is 0 Å². The summed E-state index contributed by atoms with van der Waals surface area (Å²) >= 11 is 1.20. The van der Waals surface area contributed by atoms with Gasteiger partial charge in [0.15, 0.2) is 16.8 Å². The van der Waals surface area contributed by atoms with Crippen molar-refractivity contribution in [3.63, 3.8) is 0 Å². The van der Waals surface area contributed by atoms with Crippen LogP contribution in [0.15, 0.2) is 30.5 Å². The Kier molecular flexibility index (Phi) is 6.49. The molecule has 0 bridgehead atoms. The second-order valence-corrected chi connectivity index (χ2v) is 8.77. The average molecular weight is 464 g/mol. The fourth-order valence-corrected chi connectivity index (χ4v) is 4.60. The third kappa shape index (κ3) is 4.79. The van der Waals surface area contributed by atoms with Gasteiger partial charge >= 0.3 is 6.03 Å². The SMILES string of the molecule is C[C@@H]1CN(c2ncc(C[C@H](O)CO)cc2F)CCN1C(=O)Nc1nc2ccc(F)cc2s1. The average Bonchev–Trinajstić information content (AvgIpc) is 3.14. The van der Waals surface area contributed by atoms with Gasteiger partial charge in [0.05, 0.1) is 22.9 Å². The summed E-state index contributed by atoms with van der Waals surface area (Å²) < 4.78 is 28.6. The molecule has 3 heterocycles. The van der Waals surface area contributed by atoms with Crippen molar-refractivity contribution in [2.24, 2.45) is 0 Å². The molecule has 2 amide bonds. The molecule has 4 rings (SSSR count). The largest absolute Gasteiger partial charge is 0.394 e. The number of nitrogens with one attached hydrogen (secondary N) is 1. The van der Waals surface area contributed by atoms with Crippen LogP contribution >= 0.6 is 11.3 Å². The molecule has 1 fully saturated rings. The standard InChI is InChI=1S/C21H23F2N5O3S/c1-12-10-27(19-16(23)7-13(9-24-19)6-15(30)11-29)4-5-28(12)21(31)26-20-25-17-3-2-14(22)8-18(17)32-20/h2-3,7-9,12,15,29-30H,4-6,10-11H2,1H3,(H,25,26,31)/t12-,15+/m1/s1. The van der Waals surface area contributed by atoms with E-state index >= 15 is 0 Å². The van der Waals surface area contributed by atoms with Gasteiger partial charge in [0, 0.05) is 38.3 Å². The second-order valence-electron chi connectivity index (χ2n) is 7.74. The summed E-state index contributed by atoms with van der Waals surface area (Å²) in [5, 5.41) is 21.6. The maximum Gasteiger partial charge on any atom is 0.324 e. The minimum Gasteiger partial charge on any atom is -0.394 e. The number of piperazine rings is 1. The Morgan fingerprint density at radius 3 is 2.88 bits per heavy atom. The number of pyridine rings is 1. The Labute approximate surface area is 187 Å². The van der Waals surface area contributed by atoms with Crippen molar-refractivity contribution >= 4 is 38.5 Å². The molecule has 1 aromatic carbocycles. The maximum absolute atomic E-state index is 14.6. The summed E-state index contributed by atoms with van der Waals surface area (Å²) in [6.07, 6.45) is 0.638. The quantitative estimate of drug-likeness (QED) is 0.538. The number of hydrogen-bond donors (Lipinski definition) is 3. The molecule has 0 unspecified atom stereocenters. The molecular weight excluding hydrogens is 440 g/mol. The number of fused-ring (bicyclic) bond motifs is 1. The molecule has 2 atom stereocenters. The number of benzene rings is 1. The van der Waals surface area contributed by atoms with Gasteiger partial charge in [0.2, 0.25) is 0 Å². The van der Waals surface area contributed by atoms with E-state index in [9.17, 15) is 18.7 Å². The Balaban J connectivity index is 1.39. The summed E-state index contributed by atoms with van der Waals surface area (Å²) in [4.78, 5) is 24.7. The number of aliphatic hydroxyl groups is 2. The summed E-state index contributed by atoms with van der Waals surface area (Å²) in [5.74, 6) is -0.686. The van der Waals surface area contributed by atoms with Crippen LogP contribution in [0, 0.1) is 11.6 Å². The first kappa shape index (κ1) is 22.3. The van der Waals surface area contributed by atoms with E-state index in [-0.39, 0.29) is 30.1 Å². The van der Waals surface area contributed by atoms with E-state index < -0.39 is 18.5 Å². The van der Waals surface area contributed by atoms with Crippen LogP contribution in [0.4, 0.5) is 24.5 Å². The minimum atomic E-state index is -0.960. The highest BCUT2D eigenvalue weighted by Crippen LogP contribution is 2.27. The predicted octanol–water partition coefficient (Wildman–Crippen LogP) is 2.61. The van der Waals surface area contributed by atoms with Crippen molar-refractivity contribution in [1.29, 1.82) is 0 Å². The molecule has 170 valence electrons. The van der Waals surface area contributed by atoms with Crippen LogP contribution in [-0.2, 0) is 6.42 Å². The number of aromatic nitrogens is 2. The van der Waals surface area contributed by atoms with Crippen molar-refractivity contribution in [2.75, 3.05) is 36.5 Å². The zero-order chi connectivity index (χ0) is 22.8. The number of amides is 2. The van der Waals surface area contributed by atoms with E-state index in [1.54, 1.807) is 15.9 Å². The zero-order valence-corrected chi connectivity index (χ0v) is 18.1. The molecule has 8 nitrogen and oxygen atoms in total. The molecule has 2 aromatic heterocycles. The molecule has 3 N–H and O–H groups in total. The summed E-state index contributed by atoms with van der Waals surface area (Å²) in [6.45, 7) is 2.60. The first-order chi connectivity index (χ1) is 15.3. The number of hydrogen-bond acceptors (Lipinski definition) is 7. The summed E-state index contributed by atoms with van der Waals surface area (Å²) in [5.41, 5.74) is 1.11. The van der Waals surface area contributed by atoms with E-state index in [2.05, 4.69) is 15.3 Å². The number of urea groups is 1. The second kappa shape index (κ2) is 9.31. The molecule has 1 saturated heterocycles. The van der Waals surface area contributed by atoms with Gasteiger partial charge < -0.3 is 20.0 Å². The van der Waals surface area contributed by atoms with E-state index in [1.807, 2.05) is 6.92 Å². The van der Waals surface area contributed by atoms with Gasteiger partial charge in [-0.25, -0.2) is 23.5 Å². The number of thiazole rings is 1. The van der Waals surface area contributed by atoms with Gasteiger partial charge in [-0.2, -0.15) is 0 Å². The van der Waals surface area contributed by atoms with Gasteiger partial charge in [-0.15, -0.1) is 0 Å². The van der Waals surface area contributed by atoms with Crippen LogP contribution in [0.25, 0.3) is 10.2 Å². The van der Waals surface area contributed by atoms with Crippen molar-refractivity contribution in [2.45, 2.75) is 25.5 Å². The van der Waals surface area contributed by atoms with Gasteiger partial charge in [0.25, 0.3) is 0 Å². The molecule has 1 aliphatic heterocycles. The van der Waals surface area contributed by atoms with Crippen LogP contribution in [0.5, 0.6) is 0 Å². The molecule has 0 radical (unpaired) electrons. The monoisotopic (exact) mass is 463 g/mol. The molecule has 0 spiro atoms. The molecular formula is C21H23F2N5O3S. The predicted molar refractivity (Wildman–Crippen MR) is 118 cm³/mol. The van der Waals surface area contributed by atoms with Crippen molar-refractivity contribution in [3.8, 4) is 0 Å². The van der Waals surface area contributed by atoms with Crippen molar-refractivity contribution in [1.82, 2.24) is 14.9 Å². The lowest BCUT2D eigenvalue weighted by Gasteiger charge is -2.40. The third-order valence-electron chi connectivity index (χ3n) is 5.31. The highest BCUT2D eigenvalue weighted by molar-refractivity contribution is 7.22. The maximum atomic E-state index is 14.6. The summed E-state index contributed by atoms with van der Waals surface area (Å²) in [7, 11) is 0. The first-order valence-corrected chi connectivity index (χ1v) is 11.0. The van der Waals surface area contributed by atoms with Gasteiger partial charge in [-0.1, -0.05) is 11.3 Å². The number of anilines is 2. The topological polar surface area (TPSA) is 102 Å². The number of halogens is 2. The Morgan fingerprint density at radius 1 is 1.34 bits per heavy atom. The van der Waals surface area contributed by atoms with E-state index in [0.717, 1.165) is 0 Å². The van der Waals surface area contributed by atoms with Crippen molar-refractivity contribution in [3.05, 3.63) is 47.7 Å². The zero-order valence-electron chi connectivity index (χ0n) is 17.3. The Bertz CT molecular complexity index is 1130. The smallest absolute Gasteiger partial charge is 0.324 e. The fraction of sp³-hybridized carbons (Fsp3) is 0.381. The van der Waals surface area contributed by atoms with E-state index in [1.165, 1.54) is 35.7 Å². The Morgan fingerprint density at radius 2 is 2.16 bits per heavy atom. The highest BCUT2D eigenvalue weighted by Gasteiger charge is 2.30. The van der Waals surface area contributed by atoms with Crippen LogP contribution in [0.1, 0.15) is 12.5 Å². The van der Waals surface area contributed by atoms with Gasteiger partial charge in [-0.05, 0) is 36.8 Å². The number of nitrogens with zero attached hydrogens (tertiary/aromatic N) is 4. The molecule has 1 aliphatic rings. The first-order valence-electron chi connectivity index (χ1n) is 10.2. The van der Waals surface area contributed by atoms with Crippen LogP contribution < -0.4 is 10.2 Å². The Hall–Kier alpha value is -2.89. The minimum absolute atomic E-state index is 0.115. The molecule has 32 heavy (non-hydrogen) atoms. The lowest BCUT2D eigenvalue weighted by Crippen LogP contribution is -2.55. The number of carbonyl (C=O) groups is 1. The fourth-order valence-electron chi connectivity index (χ4n) is 3.72. The molecule has 11 heteroatoms. The molecule has 0 saturated carbocycles. The highest BCUT2D eigenvalue weighted by atomic mass is 32.1. The summed E-state index contributed by atoms with van der Waals surface area (Å²) in [6, 6.07) is 5.03. The normalized spacial score (nSPS) is 17.6. The molecule has 3 aromatic rings. The van der Waals surface area contributed by atoms with Crippen LogP contribution in [0.3, 0.4) is 0 Å². The number of aliphatic hydroxyl groups excluding tert-OH is 2. The lowest BCUT2D eigenvalue weighted by molar-refractivity contribution is 0.0954. The van der Waals surface area contributed by atoms with E-state index in [4.69, 9.17) is 5.11 Å².